The van der Waals surface area contributed by atoms with Crippen LogP contribution in [0.2, 0.25) is 0 Å². The van der Waals surface area contributed by atoms with Crippen LogP contribution < -0.4 is 4.90 Å². The number of anilines is 1. The van der Waals surface area contributed by atoms with Crippen LogP contribution in [-0.4, -0.2) is 44.0 Å². The predicted octanol–water partition coefficient (Wildman–Crippen LogP) is 4.20. The van der Waals surface area contributed by atoms with Crippen molar-refractivity contribution in [1.82, 2.24) is 10.1 Å². The van der Waals surface area contributed by atoms with Gasteiger partial charge in [0.1, 0.15) is 0 Å². The average Bonchev–Trinajstić information content (AvgIpc) is 3.39. The molecule has 5 rings (SSSR count). The first-order valence-electron chi connectivity index (χ1n) is 12.0. The highest BCUT2D eigenvalue weighted by Gasteiger charge is 2.44. The number of piperidine rings is 1. The van der Waals surface area contributed by atoms with Gasteiger partial charge < -0.3 is 14.2 Å². The molecule has 32 heavy (non-hydrogen) atoms. The molecule has 1 aliphatic heterocycles. The third-order valence-electron chi connectivity index (χ3n) is 7.56. The van der Waals surface area contributed by atoms with Crippen molar-refractivity contribution in [2.24, 2.45) is 17.8 Å². The molecule has 2 heterocycles. The highest BCUT2D eigenvalue weighted by molar-refractivity contribution is 7.91. The summed E-state index contributed by atoms with van der Waals surface area (Å²) in [6.45, 7) is 4.98. The van der Waals surface area contributed by atoms with Crippen molar-refractivity contribution in [3.8, 4) is 0 Å². The van der Waals surface area contributed by atoms with Gasteiger partial charge in [0.15, 0.2) is 15.7 Å². The van der Waals surface area contributed by atoms with Crippen LogP contribution in [0.1, 0.15) is 62.8 Å². The first-order valence-corrected chi connectivity index (χ1v) is 13.7. The lowest BCUT2D eigenvalue weighted by atomic mass is 9.85. The Morgan fingerprint density at radius 2 is 1.88 bits per heavy atom. The molecule has 1 aromatic carbocycles. The van der Waals surface area contributed by atoms with Gasteiger partial charge in [0, 0.05) is 19.0 Å². The zero-order valence-corrected chi connectivity index (χ0v) is 19.6. The molecule has 0 bridgehead atoms. The Hall–Kier alpha value is -1.93. The van der Waals surface area contributed by atoms with E-state index in [1.807, 2.05) is 12.1 Å². The van der Waals surface area contributed by atoms with Gasteiger partial charge in [-0.05, 0) is 67.6 Å². The minimum atomic E-state index is -3.14. The maximum Gasteiger partial charge on any atom is 0.324 e. The number of nitrogens with zero attached hydrogens (tertiary/aromatic N) is 3. The van der Waals surface area contributed by atoms with Crippen LogP contribution in [0.3, 0.4) is 0 Å². The van der Waals surface area contributed by atoms with E-state index < -0.39 is 9.84 Å². The van der Waals surface area contributed by atoms with Crippen LogP contribution in [0.25, 0.3) is 0 Å². The van der Waals surface area contributed by atoms with Gasteiger partial charge in [-0.1, -0.05) is 30.6 Å². The monoisotopic (exact) mass is 459 g/mol. The summed E-state index contributed by atoms with van der Waals surface area (Å²) in [7, 11) is -3.14. The minimum Gasteiger partial charge on any atom is -0.376 e. The molecule has 2 aliphatic carbocycles. The number of sulfone groups is 1. The van der Waals surface area contributed by atoms with Crippen LogP contribution in [-0.2, 0) is 21.2 Å². The molecule has 0 radical (unpaired) electrons. The maximum atomic E-state index is 11.9. The summed E-state index contributed by atoms with van der Waals surface area (Å²) in [5.41, 5.74) is 1.02. The summed E-state index contributed by atoms with van der Waals surface area (Å²) >= 11 is 0. The topological polar surface area (TPSA) is 85.5 Å². The van der Waals surface area contributed by atoms with E-state index in [4.69, 9.17) is 9.26 Å². The molecule has 0 N–H and O–H groups in total. The number of hydrogen-bond acceptors (Lipinski definition) is 7. The largest absolute Gasteiger partial charge is 0.376 e. The minimum absolute atomic E-state index is 0.126. The normalized spacial score (nSPS) is 24.5. The maximum absolute atomic E-state index is 11.9. The van der Waals surface area contributed by atoms with Crippen molar-refractivity contribution in [3.05, 3.63) is 35.7 Å². The molecule has 2 unspecified atom stereocenters. The third-order valence-corrected chi connectivity index (χ3v) is 9.31. The van der Waals surface area contributed by atoms with Crippen LogP contribution in [0, 0.1) is 17.8 Å². The fraction of sp³-hybridized carbons (Fsp3) is 0.667. The number of aromatic nitrogens is 2. The Bertz CT molecular complexity index is 1010. The molecule has 174 valence electrons. The van der Waals surface area contributed by atoms with Crippen molar-refractivity contribution in [1.29, 1.82) is 0 Å². The fourth-order valence-electron chi connectivity index (χ4n) is 5.03. The van der Waals surface area contributed by atoms with Gasteiger partial charge in [-0.15, -0.1) is 0 Å². The van der Waals surface area contributed by atoms with Crippen molar-refractivity contribution in [2.75, 3.05) is 30.3 Å². The summed E-state index contributed by atoms with van der Waals surface area (Å²) in [5, 5.41) is 4.20. The fourth-order valence-corrected chi connectivity index (χ4v) is 5.92. The van der Waals surface area contributed by atoms with Gasteiger partial charge in [0.2, 0.25) is 0 Å². The van der Waals surface area contributed by atoms with Crippen molar-refractivity contribution in [3.63, 3.8) is 0 Å². The van der Waals surface area contributed by atoms with Crippen molar-refractivity contribution in [2.45, 2.75) is 62.9 Å². The second kappa shape index (κ2) is 9.14. The lowest BCUT2D eigenvalue weighted by molar-refractivity contribution is 0.104. The Morgan fingerprint density at radius 3 is 2.53 bits per heavy atom. The number of ether oxygens (including phenoxy) is 1. The molecule has 0 amide bonds. The van der Waals surface area contributed by atoms with Gasteiger partial charge in [-0.2, -0.15) is 4.98 Å². The van der Waals surface area contributed by atoms with E-state index in [2.05, 4.69) is 15.0 Å². The standard InChI is InChI=1S/C24H33N3O4S/c1-2-32(28,29)21-8-6-17(7-9-21)15-30-16-20-14-22(20)18-10-12-27(13-11-18)24-25-23(26-31-24)19-4-3-5-19/h6-9,18-20,22H,2-5,10-16H2,1H3. The summed E-state index contributed by atoms with van der Waals surface area (Å²) in [5.74, 6) is 3.71. The van der Waals surface area contributed by atoms with Crippen LogP contribution in [0.15, 0.2) is 33.7 Å². The first-order chi connectivity index (χ1) is 15.5. The molecule has 7 nitrogen and oxygen atoms in total. The predicted molar refractivity (Wildman–Crippen MR) is 121 cm³/mol. The van der Waals surface area contributed by atoms with Gasteiger partial charge in [0.05, 0.1) is 23.9 Å². The lowest BCUT2D eigenvalue weighted by Crippen LogP contribution is -2.34. The highest BCUT2D eigenvalue weighted by Crippen LogP contribution is 2.48. The van der Waals surface area contributed by atoms with E-state index >= 15 is 0 Å². The quantitative estimate of drug-likeness (QED) is 0.555. The van der Waals surface area contributed by atoms with Crippen LogP contribution >= 0.6 is 0 Å². The van der Waals surface area contributed by atoms with Gasteiger partial charge in [-0.25, -0.2) is 8.42 Å². The van der Waals surface area contributed by atoms with Crippen LogP contribution in [0.5, 0.6) is 0 Å². The van der Waals surface area contributed by atoms with E-state index in [-0.39, 0.29) is 5.75 Å². The van der Waals surface area contributed by atoms with E-state index in [0.717, 1.165) is 42.9 Å². The molecule has 3 aliphatic rings. The molecule has 8 heteroatoms. The van der Waals surface area contributed by atoms with E-state index in [0.29, 0.717) is 29.4 Å². The van der Waals surface area contributed by atoms with Crippen LogP contribution in [0.4, 0.5) is 6.01 Å². The molecular weight excluding hydrogens is 426 g/mol. The molecular formula is C24H33N3O4S. The Labute approximate surface area is 190 Å². The molecule has 0 spiro atoms. The number of benzene rings is 1. The number of rotatable bonds is 9. The molecule has 2 aromatic rings. The van der Waals surface area contributed by atoms with E-state index in [1.54, 1.807) is 19.1 Å². The van der Waals surface area contributed by atoms with Gasteiger partial charge >= 0.3 is 6.01 Å². The smallest absolute Gasteiger partial charge is 0.324 e. The Morgan fingerprint density at radius 1 is 1.12 bits per heavy atom. The Kier molecular flexibility index (Phi) is 6.25. The van der Waals surface area contributed by atoms with Crippen molar-refractivity contribution < 1.29 is 17.7 Å². The van der Waals surface area contributed by atoms with Gasteiger partial charge in [-0.3, -0.25) is 0 Å². The zero-order chi connectivity index (χ0) is 22.1. The highest BCUT2D eigenvalue weighted by atomic mass is 32.2. The molecule has 2 atom stereocenters. The SMILES string of the molecule is CCS(=O)(=O)c1ccc(COCC2CC2C2CCN(c3nc(C4CCC4)no3)CC2)cc1. The van der Waals surface area contributed by atoms with Crippen molar-refractivity contribution >= 4 is 15.9 Å². The molecule has 1 saturated heterocycles. The van der Waals surface area contributed by atoms with E-state index in [9.17, 15) is 8.42 Å². The molecule has 3 fully saturated rings. The second-order valence-electron chi connectivity index (χ2n) is 9.61. The summed E-state index contributed by atoms with van der Waals surface area (Å²) in [6.07, 6.45) is 7.27. The third kappa shape index (κ3) is 4.71. The summed E-state index contributed by atoms with van der Waals surface area (Å²) in [6, 6.07) is 7.79. The van der Waals surface area contributed by atoms with Gasteiger partial charge in [0.25, 0.3) is 0 Å². The second-order valence-corrected chi connectivity index (χ2v) is 11.9. The molecule has 1 aromatic heterocycles. The zero-order valence-electron chi connectivity index (χ0n) is 18.8. The first kappa shape index (κ1) is 21.9. The summed E-state index contributed by atoms with van der Waals surface area (Å²) < 4.78 is 35.3. The molecule has 2 saturated carbocycles. The van der Waals surface area contributed by atoms with E-state index in [1.165, 1.54) is 38.5 Å². The number of hydrogen-bond donors (Lipinski definition) is 0. The average molecular weight is 460 g/mol. The summed E-state index contributed by atoms with van der Waals surface area (Å²) in [4.78, 5) is 7.28. The lowest BCUT2D eigenvalue weighted by Gasteiger charge is -2.31. The Balaban J connectivity index is 1.03.